The molecule has 0 bridgehead atoms. The molecule has 0 saturated heterocycles. The van der Waals surface area contributed by atoms with Gasteiger partial charge in [0.15, 0.2) is 0 Å². The Hall–Kier alpha value is -2.04. The normalized spacial score (nSPS) is 13.1. The van der Waals surface area contributed by atoms with Crippen molar-refractivity contribution in [3.63, 3.8) is 0 Å². The topological polar surface area (TPSA) is 58.6 Å². The number of benzene rings is 1. The van der Waals surface area contributed by atoms with E-state index in [-0.39, 0.29) is 17.9 Å². The number of amides is 2. The number of nitrogens with one attached hydrogen (secondary N) is 1. The van der Waals surface area contributed by atoms with Crippen LogP contribution in [0, 0.1) is 0 Å². The third-order valence-electron chi connectivity index (χ3n) is 3.98. The van der Waals surface area contributed by atoms with E-state index in [2.05, 4.69) is 5.32 Å². The maximum atomic E-state index is 12.3. The Morgan fingerprint density at radius 1 is 1.17 bits per heavy atom. The van der Waals surface area contributed by atoms with E-state index in [0.29, 0.717) is 13.0 Å². The molecule has 2 amide bonds. The van der Waals surface area contributed by atoms with Crippen molar-refractivity contribution < 1.29 is 14.3 Å². The molecule has 0 fully saturated rings. The van der Waals surface area contributed by atoms with E-state index in [1.807, 2.05) is 45.0 Å². The fraction of sp³-hybridized carbons (Fsp3) is 0.556. The summed E-state index contributed by atoms with van der Waals surface area (Å²) < 4.78 is 5.14. The van der Waals surface area contributed by atoms with E-state index >= 15 is 0 Å². The van der Waals surface area contributed by atoms with Crippen molar-refractivity contribution >= 4 is 11.8 Å². The Morgan fingerprint density at radius 2 is 1.78 bits per heavy atom. The monoisotopic (exact) mass is 320 g/mol. The minimum atomic E-state index is -0.501. The van der Waals surface area contributed by atoms with Crippen LogP contribution in [-0.4, -0.2) is 35.9 Å². The first-order valence-electron chi connectivity index (χ1n) is 8.15. The summed E-state index contributed by atoms with van der Waals surface area (Å²) in [6.45, 7) is 7.96. The van der Waals surface area contributed by atoms with E-state index in [1.54, 1.807) is 18.9 Å². The van der Waals surface area contributed by atoms with Gasteiger partial charge in [0.2, 0.25) is 11.8 Å². The van der Waals surface area contributed by atoms with Crippen molar-refractivity contribution in [3.8, 4) is 5.75 Å². The first kappa shape index (κ1) is 19.0. The molecule has 5 heteroatoms. The van der Waals surface area contributed by atoms with Gasteiger partial charge in [0, 0.05) is 19.0 Å². The quantitative estimate of drug-likeness (QED) is 0.801. The lowest BCUT2D eigenvalue weighted by Crippen LogP contribution is -2.49. The van der Waals surface area contributed by atoms with Crippen LogP contribution >= 0.6 is 0 Å². The molecule has 0 heterocycles. The molecule has 0 aliphatic heterocycles. The Morgan fingerprint density at radius 3 is 2.26 bits per heavy atom. The Labute approximate surface area is 139 Å². The maximum absolute atomic E-state index is 12.3. The molecule has 0 radical (unpaired) electrons. The second-order valence-electron chi connectivity index (χ2n) is 5.72. The third kappa shape index (κ3) is 5.58. The van der Waals surface area contributed by atoms with Gasteiger partial charge in [-0.1, -0.05) is 26.0 Å². The predicted molar refractivity (Wildman–Crippen MR) is 91.2 cm³/mol. The van der Waals surface area contributed by atoms with Crippen molar-refractivity contribution in [2.75, 3.05) is 7.11 Å². The van der Waals surface area contributed by atoms with Crippen LogP contribution < -0.4 is 10.1 Å². The van der Waals surface area contributed by atoms with Crippen LogP contribution in [0.2, 0.25) is 0 Å². The number of carbonyl (C=O) groups excluding carboxylic acids is 2. The second kappa shape index (κ2) is 9.18. The van der Waals surface area contributed by atoms with Gasteiger partial charge in [-0.3, -0.25) is 9.59 Å². The number of nitrogens with zero attached hydrogens (tertiary/aromatic N) is 1. The van der Waals surface area contributed by atoms with E-state index in [9.17, 15) is 9.59 Å². The number of methoxy groups -OCH3 is 1. The van der Waals surface area contributed by atoms with Crippen LogP contribution in [0.3, 0.4) is 0 Å². The SMILES string of the molecule is CCC(=O)N(Cc1ccc(OC)cc1)[C@H](C)C(=O)N[C@H](C)CC. The minimum absolute atomic E-state index is 0.0346. The molecule has 1 aromatic carbocycles. The van der Waals surface area contributed by atoms with Crippen LogP contribution in [-0.2, 0) is 16.1 Å². The molecular formula is C18H28N2O3. The van der Waals surface area contributed by atoms with E-state index < -0.39 is 6.04 Å². The molecule has 2 atom stereocenters. The Balaban J connectivity index is 2.86. The zero-order valence-corrected chi connectivity index (χ0v) is 14.8. The summed E-state index contributed by atoms with van der Waals surface area (Å²) in [6.07, 6.45) is 1.23. The lowest BCUT2D eigenvalue weighted by molar-refractivity contribution is -0.140. The lowest BCUT2D eigenvalue weighted by Gasteiger charge is -2.29. The van der Waals surface area contributed by atoms with E-state index in [4.69, 9.17) is 4.74 Å². The molecule has 0 saturated carbocycles. The van der Waals surface area contributed by atoms with Crippen LogP contribution in [0.15, 0.2) is 24.3 Å². The number of hydrogen-bond donors (Lipinski definition) is 1. The average molecular weight is 320 g/mol. The minimum Gasteiger partial charge on any atom is -0.497 e. The number of rotatable bonds is 8. The predicted octanol–water partition coefficient (Wildman–Crippen LogP) is 2.74. The van der Waals surface area contributed by atoms with Gasteiger partial charge in [-0.15, -0.1) is 0 Å². The summed E-state index contributed by atoms with van der Waals surface area (Å²) in [5.41, 5.74) is 0.968. The summed E-state index contributed by atoms with van der Waals surface area (Å²) in [4.78, 5) is 26.2. The largest absolute Gasteiger partial charge is 0.497 e. The fourth-order valence-electron chi connectivity index (χ4n) is 2.18. The highest BCUT2D eigenvalue weighted by Crippen LogP contribution is 2.15. The molecule has 0 aromatic heterocycles. The van der Waals surface area contributed by atoms with Crippen molar-refractivity contribution in [2.45, 2.75) is 59.2 Å². The molecule has 5 nitrogen and oxygen atoms in total. The molecule has 0 aliphatic rings. The zero-order chi connectivity index (χ0) is 17.4. The van der Waals surface area contributed by atoms with Crippen molar-refractivity contribution in [1.29, 1.82) is 0 Å². The van der Waals surface area contributed by atoms with Crippen molar-refractivity contribution in [1.82, 2.24) is 10.2 Å². The van der Waals surface area contributed by atoms with Crippen LogP contribution in [0.4, 0.5) is 0 Å². The van der Waals surface area contributed by atoms with Gasteiger partial charge >= 0.3 is 0 Å². The first-order chi connectivity index (χ1) is 10.9. The van der Waals surface area contributed by atoms with Gasteiger partial charge in [0.05, 0.1) is 7.11 Å². The smallest absolute Gasteiger partial charge is 0.242 e. The molecule has 0 unspecified atom stereocenters. The standard InChI is InChI=1S/C18H28N2O3/c1-6-13(3)19-18(22)14(4)20(17(21)7-2)12-15-8-10-16(23-5)11-9-15/h8-11,13-14H,6-7,12H2,1-5H3,(H,19,22)/t13-,14-/m1/s1. The molecular weight excluding hydrogens is 292 g/mol. The molecule has 128 valence electrons. The van der Waals surface area contributed by atoms with Crippen molar-refractivity contribution in [2.24, 2.45) is 0 Å². The van der Waals surface area contributed by atoms with Crippen LogP contribution in [0.1, 0.15) is 46.1 Å². The summed E-state index contributed by atoms with van der Waals surface area (Å²) in [5.74, 6) is 0.618. The number of carbonyl (C=O) groups is 2. The summed E-state index contributed by atoms with van der Waals surface area (Å²) in [5, 5.41) is 2.94. The van der Waals surface area contributed by atoms with Gasteiger partial charge in [-0.05, 0) is 38.0 Å². The molecule has 1 N–H and O–H groups in total. The van der Waals surface area contributed by atoms with Gasteiger partial charge in [-0.25, -0.2) is 0 Å². The highest BCUT2D eigenvalue weighted by Gasteiger charge is 2.25. The van der Waals surface area contributed by atoms with Gasteiger partial charge in [0.1, 0.15) is 11.8 Å². The Bertz CT molecular complexity index is 514. The molecule has 1 aromatic rings. The lowest BCUT2D eigenvalue weighted by atomic mass is 10.1. The maximum Gasteiger partial charge on any atom is 0.242 e. The summed E-state index contributed by atoms with van der Waals surface area (Å²) >= 11 is 0. The van der Waals surface area contributed by atoms with E-state index in [1.165, 1.54) is 0 Å². The summed E-state index contributed by atoms with van der Waals surface area (Å²) in [7, 11) is 1.61. The van der Waals surface area contributed by atoms with Gasteiger partial charge in [0.25, 0.3) is 0 Å². The molecule has 0 spiro atoms. The number of hydrogen-bond acceptors (Lipinski definition) is 3. The summed E-state index contributed by atoms with van der Waals surface area (Å²) in [6, 6.07) is 7.13. The third-order valence-corrected chi connectivity index (χ3v) is 3.98. The highest BCUT2D eigenvalue weighted by molar-refractivity contribution is 5.87. The Kier molecular flexibility index (Phi) is 7.59. The fourth-order valence-corrected chi connectivity index (χ4v) is 2.18. The van der Waals surface area contributed by atoms with Crippen LogP contribution in [0.5, 0.6) is 5.75 Å². The first-order valence-corrected chi connectivity index (χ1v) is 8.15. The number of ether oxygens (including phenoxy) is 1. The van der Waals surface area contributed by atoms with Crippen molar-refractivity contribution in [3.05, 3.63) is 29.8 Å². The van der Waals surface area contributed by atoms with E-state index in [0.717, 1.165) is 17.7 Å². The molecule has 0 aliphatic carbocycles. The molecule has 1 rings (SSSR count). The highest BCUT2D eigenvalue weighted by atomic mass is 16.5. The van der Waals surface area contributed by atoms with Crippen LogP contribution in [0.25, 0.3) is 0 Å². The molecule has 23 heavy (non-hydrogen) atoms. The second-order valence-corrected chi connectivity index (χ2v) is 5.72. The zero-order valence-electron chi connectivity index (χ0n) is 14.8. The van der Waals surface area contributed by atoms with Gasteiger partial charge < -0.3 is 15.0 Å². The van der Waals surface area contributed by atoms with Gasteiger partial charge in [-0.2, -0.15) is 0 Å². The average Bonchev–Trinajstić information content (AvgIpc) is 2.58.